The molecule has 17 heavy (non-hydrogen) atoms. The van der Waals surface area contributed by atoms with Crippen molar-refractivity contribution in [2.24, 2.45) is 0 Å². The lowest BCUT2D eigenvalue weighted by Gasteiger charge is -2.30. The molecule has 0 aromatic heterocycles. The van der Waals surface area contributed by atoms with Gasteiger partial charge >= 0.3 is 0 Å². The molecule has 1 fully saturated rings. The summed E-state index contributed by atoms with van der Waals surface area (Å²) < 4.78 is 0. The van der Waals surface area contributed by atoms with E-state index in [1.807, 2.05) is 6.92 Å². The van der Waals surface area contributed by atoms with Crippen LogP contribution in [0, 0.1) is 0 Å². The highest BCUT2D eigenvalue weighted by Gasteiger charge is 2.18. The van der Waals surface area contributed by atoms with E-state index in [4.69, 9.17) is 0 Å². The molecule has 3 heteroatoms. The van der Waals surface area contributed by atoms with Gasteiger partial charge in [0.1, 0.15) is 5.75 Å². The molecule has 0 atom stereocenters. The monoisotopic (exact) mass is 233 g/mol. The van der Waals surface area contributed by atoms with Crippen LogP contribution >= 0.6 is 0 Å². The second-order valence-corrected chi connectivity index (χ2v) is 4.53. The lowest BCUT2D eigenvalue weighted by Crippen LogP contribution is -2.30. The van der Waals surface area contributed by atoms with E-state index in [0.29, 0.717) is 6.42 Å². The van der Waals surface area contributed by atoms with Crippen LogP contribution in [0.5, 0.6) is 5.75 Å². The smallest absolute Gasteiger partial charge is 0.164 e. The van der Waals surface area contributed by atoms with Crippen molar-refractivity contribution in [3.8, 4) is 5.75 Å². The highest BCUT2D eigenvalue weighted by Crippen LogP contribution is 2.28. The Morgan fingerprint density at radius 2 is 2.00 bits per heavy atom. The van der Waals surface area contributed by atoms with Crippen molar-refractivity contribution in [2.75, 3.05) is 18.0 Å². The summed E-state index contributed by atoms with van der Waals surface area (Å²) in [6, 6.07) is 5.05. The van der Waals surface area contributed by atoms with E-state index >= 15 is 0 Å². The van der Waals surface area contributed by atoms with Crippen LogP contribution in [-0.2, 0) is 0 Å². The van der Waals surface area contributed by atoms with E-state index in [1.54, 1.807) is 18.2 Å². The number of piperidine rings is 1. The van der Waals surface area contributed by atoms with Crippen molar-refractivity contribution in [3.05, 3.63) is 23.8 Å². The molecule has 0 aliphatic carbocycles. The number of Topliss-reactive ketones (excluding diaryl/α,β-unsaturated/α-hetero) is 1. The fraction of sp³-hybridized carbons (Fsp3) is 0.500. The van der Waals surface area contributed by atoms with Crippen molar-refractivity contribution in [2.45, 2.75) is 32.6 Å². The number of hydrogen-bond donors (Lipinski definition) is 1. The van der Waals surface area contributed by atoms with Crippen molar-refractivity contribution in [3.63, 3.8) is 0 Å². The average molecular weight is 233 g/mol. The largest absolute Gasteiger partial charge is 0.508 e. The number of phenols is 1. The minimum absolute atomic E-state index is 0.144. The summed E-state index contributed by atoms with van der Waals surface area (Å²) in [6.45, 7) is 3.83. The molecule has 0 unspecified atom stereocenters. The minimum Gasteiger partial charge on any atom is -0.508 e. The maximum absolute atomic E-state index is 11.9. The fourth-order valence-electron chi connectivity index (χ4n) is 2.34. The first-order valence-corrected chi connectivity index (χ1v) is 6.33. The molecule has 1 N–H and O–H groups in total. The third kappa shape index (κ3) is 2.60. The van der Waals surface area contributed by atoms with Gasteiger partial charge in [-0.25, -0.2) is 0 Å². The zero-order chi connectivity index (χ0) is 12.3. The number of aromatic hydroxyl groups is 1. The third-order valence-electron chi connectivity index (χ3n) is 3.30. The molecule has 1 heterocycles. The van der Waals surface area contributed by atoms with Crippen LogP contribution in [0.2, 0.25) is 0 Å². The fourth-order valence-corrected chi connectivity index (χ4v) is 2.34. The molecule has 1 saturated heterocycles. The topological polar surface area (TPSA) is 40.5 Å². The van der Waals surface area contributed by atoms with Gasteiger partial charge in [0.25, 0.3) is 0 Å². The van der Waals surface area contributed by atoms with Crippen LogP contribution in [0.3, 0.4) is 0 Å². The second kappa shape index (κ2) is 5.21. The molecule has 1 aliphatic heterocycles. The Hall–Kier alpha value is -1.51. The zero-order valence-corrected chi connectivity index (χ0v) is 10.3. The Labute approximate surface area is 102 Å². The van der Waals surface area contributed by atoms with Crippen LogP contribution < -0.4 is 4.90 Å². The van der Waals surface area contributed by atoms with Gasteiger partial charge in [-0.3, -0.25) is 4.79 Å². The molecule has 92 valence electrons. The molecule has 0 amide bonds. The summed E-state index contributed by atoms with van der Waals surface area (Å²) in [4.78, 5) is 14.1. The normalized spacial score (nSPS) is 15.9. The maximum atomic E-state index is 11.9. The number of rotatable bonds is 3. The Kier molecular flexibility index (Phi) is 3.67. The number of nitrogens with zero attached hydrogens (tertiary/aromatic N) is 1. The van der Waals surface area contributed by atoms with Gasteiger partial charge in [-0.2, -0.15) is 0 Å². The first-order chi connectivity index (χ1) is 8.22. The van der Waals surface area contributed by atoms with E-state index in [0.717, 1.165) is 37.2 Å². The minimum atomic E-state index is 0.144. The molecule has 2 rings (SSSR count). The summed E-state index contributed by atoms with van der Waals surface area (Å²) in [5.41, 5.74) is 1.64. The van der Waals surface area contributed by atoms with Gasteiger partial charge in [-0.05, 0) is 31.4 Å². The molecule has 1 aromatic carbocycles. The number of anilines is 1. The van der Waals surface area contributed by atoms with E-state index in [1.165, 1.54) is 6.42 Å². The lowest BCUT2D eigenvalue weighted by molar-refractivity contribution is 0.0988. The molecule has 0 spiro atoms. The van der Waals surface area contributed by atoms with Gasteiger partial charge in [-0.1, -0.05) is 6.92 Å². The molecule has 1 aliphatic rings. The summed E-state index contributed by atoms with van der Waals surface area (Å²) in [5.74, 6) is 0.379. The predicted molar refractivity (Wildman–Crippen MR) is 68.8 cm³/mol. The van der Waals surface area contributed by atoms with Gasteiger partial charge < -0.3 is 10.0 Å². The third-order valence-corrected chi connectivity index (χ3v) is 3.30. The Balaban J connectivity index is 2.35. The number of hydrogen-bond acceptors (Lipinski definition) is 3. The van der Waals surface area contributed by atoms with Crippen LogP contribution in [0.15, 0.2) is 18.2 Å². The standard InChI is InChI=1S/C14H19NO2/c1-2-14(17)12-7-6-11(16)10-13(12)15-8-4-3-5-9-15/h6-7,10,16H,2-5,8-9H2,1H3. The van der Waals surface area contributed by atoms with Crippen molar-refractivity contribution < 1.29 is 9.90 Å². The highest BCUT2D eigenvalue weighted by molar-refractivity contribution is 6.01. The predicted octanol–water partition coefficient (Wildman–Crippen LogP) is 2.98. The van der Waals surface area contributed by atoms with Gasteiger partial charge in [0.2, 0.25) is 0 Å². The Bertz CT molecular complexity index is 409. The lowest BCUT2D eigenvalue weighted by atomic mass is 10.0. The molecule has 3 nitrogen and oxygen atoms in total. The molecule has 0 radical (unpaired) electrons. The van der Waals surface area contributed by atoms with Gasteiger partial charge in [0, 0.05) is 31.1 Å². The Morgan fingerprint density at radius 1 is 1.29 bits per heavy atom. The second-order valence-electron chi connectivity index (χ2n) is 4.53. The van der Waals surface area contributed by atoms with Crippen LogP contribution in [-0.4, -0.2) is 24.0 Å². The van der Waals surface area contributed by atoms with Crippen LogP contribution in [0.4, 0.5) is 5.69 Å². The molecule has 1 aromatic rings. The van der Waals surface area contributed by atoms with Gasteiger partial charge in [0.05, 0.1) is 5.69 Å². The summed E-state index contributed by atoms with van der Waals surface area (Å²) in [5, 5.41) is 9.58. The van der Waals surface area contributed by atoms with Crippen LogP contribution in [0.25, 0.3) is 0 Å². The number of ketones is 1. The quantitative estimate of drug-likeness (QED) is 0.816. The summed E-state index contributed by atoms with van der Waals surface area (Å²) in [7, 11) is 0. The van der Waals surface area contributed by atoms with Gasteiger partial charge in [0.15, 0.2) is 5.78 Å². The average Bonchev–Trinajstić information content (AvgIpc) is 2.39. The van der Waals surface area contributed by atoms with Crippen molar-refractivity contribution in [1.82, 2.24) is 0 Å². The zero-order valence-electron chi connectivity index (χ0n) is 10.3. The van der Waals surface area contributed by atoms with E-state index in [-0.39, 0.29) is 11.5 Å². The summed E-state index contributed by atoms with van der Waals surface area (Å²) in [6.07, 6.45) is 4.09. The SMILES string of the molecule is CCC(=O)c1ccc(O)cc1N1CCCCC1. The number of carbonyl (C=O) groups is 1. The molecule has 0 saturated carbocycles. The number of carbonyl (C=O) groups excluding carboxylic acids is 1. The van der Waals surface area contributed by atoms with Crippen LogP contribution in [0.1, 0.15) is 43.0 Å². The highest BCUT2D eigenvalue weighted by atomic mass is 16.3. The Morgan fingerprint density at radius 3 is 2.65 bits per heavy atom. The summed E-state index contributed by atoms with van der Waals surface area (Å²) >= 11 is 0. The van der Waals surface area contributed by atoms with E-state index < -0.39 is 0 Å². The van der Waals surface area contributed by atoms with E-state index in [9.17, 15) is 9.90 Å². The van der Waals surface area contributed by atoms with Crippen molar-refractivity contribution >= 4 is 11.5 Å². The van der Waals surface area contributed by atoms with Gasteiger partial charge in [-0.15, -0.1) is 0 Å². The first kappa shape index (κ1) is 12.0. The maximum Gasteiger partial charge on any atom is 0.164 e. The molecule has 0 bridgehead atoms. The number of phenolic OH excluding ortho intramolecular Hbond substituents is 1. The first-order valence-electron chi connectivity index (χ1n) is 6.33. The molecular formula is C14H19NO2. The molecular weight excluding hydrogens is 214 g/mol. The number of benzene rings is 1. The van der Waals surface area contributed by atoms with Crippen molar-refractivity contribution in [1.29, 1.82) is 0 Å². The van der Waals surface area contributed by atoms with E-state index in [2.05, 4.69) is 4.90 Å².